The topological polar surface area (TPSA) is 36.7 Å². The zero-order valence-electron chi connectivity index (χ0n) is 4.63. The number of hydrogen-bond donors (Lipinski definition) is 1. The lowest BCUT2D eigenvalue weighted by Gasteiger charge is -1.91. The van der Waals surface area contributed by atoms with Crippen LogP contribution in [0.3, 0.4) is 0 Å². The summed E-state index contributed by atoms with van der Waals surface area (Å²) in [5.74, 6) is 0. The molecule has 0 aromatic carbocycles. The average Bonchev–Trinajstić information content (AvgIpc) is 1.89. The summed E-state index contributed by atoms with van der Waals surface area (Å²) in [6.07, 6.45) is 2.93. The zero-order chi connectivity index (χ0) is 6.69. The molecule has 46 valence electrons. The monoisotopic (exact) mass is 232 g/mol. The minimum Gasteiger partial charge on any atom is -0.306 e. The SMILES string of the molecule is N=Cc1ncccc1I. The molecule has 0 fully saturated rings. The van der Waals surface area contributed by atoms with E-state index < -0.39 is 0 Å². The predicted molar refractivity (Wildman–Crippen MR) is 44.8 cm³/mol. The summed E-state index contributed by atoms with van der Waals surface area (Å²) >= 11 is 2.15. The van der Waals surface area contributed by atoms with E-state index in [-0.39, 0.29) is 0 Å². The zero-order valence-corrected chi connectivity index (χ0v) is 6.79. The van der Waals surface area contributed by atoms with Crippen LogP contribution in [0, 0.1) is 8.98 Å². The van der Waals surface area contributed by atoms with E-state index in [1.54, 1.807) is 6.20 Å². The van der Waals surface area contributed by atoms with Gasteiger partial charge in [0, 0.05) is 16.0 Å². The van der Waals surface area contributed by atoms with Crippen molar-refractivity contribution in [3.05, 3.63) is 27.6 Å². The van der Waals surface area contributed by atoms with Crippen molar-refractivity contribution in [2.75, 3.05) is 0 Å². The molecule has 0 atom stereocenters. The number of pyridine rings is 1. The first-order chi connectivity index (χ1) is 4.34. The average molecular weight is 232 g/mol. The van der Waals surface area contributed by atoms with Gasteiger partial charge < -0.3 is 5.41 Å². The largest absolute Gasteiger partial charge is 0.306 e. The lowest BCUT2D eigenvalue weighted by molar-refractivity contribution is 1.27. The minimum atomic E-state index is 0.734. The Labute approximate surface area is 67.0 Å². The van der Waals surface area contributed by atoms with Crippen LogP contribution in [-0.4, -0.2) is 11.2 Å². The maximum absolute atomic E-state index is 6.89. The van der Waals surface area contributed by atoms with Crippen LogP contribution in [0.15, 0.2) is 18.3 Å². The van der Waals surface area contributed by atoms with E-state index in [0.717, 1.165) is 9.26 Å². The molecule has 0 saturated carbocycles. The maximum atomic E-state index is 6.89. The summed E-state index contributed by atoms with van der Waals surface area (Å²) in [6, 6.07) is 3.78. The number of aromatic nitrogens is 1. The van der Waals surface area contributed by atoms with Crippen LogP contribution in [0.5, 0.6) is 0 Å². The van der Waals surface area contributed by atoms with Crippen LogP contribution < -0.4 is 0 Å². The van der Waals surface area contributed by atoms with E-state index in [0.29, 0.717) is 0 Å². The summed E-state index contributed by atoms with van der Waals surface area (Å²) in [7, 11) is 0. The second-order valence-electron chi connectivity index (χ2n) is 1.51. The fourth-order valence-corrected chi connectivity index (χ4v) is 1.01. The van der Waals surface area contributed by atoms with Crippen LogP contribution in [0.25, 0.3) is 0 Å². The van der Waals surface area contributed by atoms with Crippen molar-refractivity contribution in [1.82, 2.24) is 4.98 Å². The van der Waals surface area contributed by atoms with Crippen molar-refractivity contribution in [3.8, 4) is 0 Å². The molecule has 0 radical (unpaired) electrons. The minimum absolute atomic E-state index is 0.734. The van der Waals surface area contributed by atoms with Gasteiger partial charge in [-0.25, -0.2) is 0 Å². The molecular weight excluding hydrogens is 227 g/mol. The Morgan fingerprint density at radius 2 is 2.44 bits per heavy atom. The normalized spacial score (nSPS) is 9.00. The number of halogens is 1. The van der Waals surface area contributed by atoms with Crippen molar-refractivity contribution < 1.29 is 0 Å². The van der Waals surface area contributed by atoms with E-state index in [2.05, 4.69) is 27.6 Å². The maximum Gasteiger partial charge on any atom is 0.0938 e. The van der Waals surface area contributed by atoms with Crippen molar-refractivity contribution >= 4 is 28.8 Å². The summed E-state index contributed by atoms with van der Waals surface area (Å²) in [4.78, 5) is 3.95. The summed E-state index contributed by atoms with van der Waals surface area (Å²) in [5.41, 5.74) is 0.734. The fourth-order valence-electron chi connectivity index (χ4n) is 0.504. The van der Waals surface area contributed by atoms with Gasteiger partial charge in [0.2, 0.25) is 0 Å². The summed E-state index contributed by atoms with van der Waals surface area (Å²) < 4.78 is 1.02. The Morgan fingerprint density at radius 1 is 1.67 bits per heavy atom. The number of rotatable bonds is 1. The van der Waals surface area contributed by atoms with Crippen LogP contribution in [0.2, 0.25) is 0 Å². The molecule has 0 amide bonds. The highest BCUT2D eigenvalue weighted by Crippen LogP contribution is 2.04. The third-order valence-corrected chi connectivity index (χ3v) is 1.84. The quantitative estimate of drug-likeness (QED) is 0.580. The Hall–Kier alpha value is -0.450. The molecule has 3 heteroatoms. The predicted octanol–water partition coefficient (Wildman–Crippen LogP) is 1.68. The molecule has 0 aliphatic rings. The van der Waals surface area contributed by atoms with E-state index >= 15 is 0 Å². The molecule has 0 aliphatic heterocycles. The van der Waals surface area contributed by atoms with Gasteiger partial charge in [-0.05, 0) is 34.7 Å². The Kier molecular flexibility index (Phi) is 2.16. The second-order valence-corrected chi connectivity index (χ2v) is 2.68. The molecule has 2 nitrogen and oxygen atoms in total. The summed E-state index contributed by atoms with van der Waals surface area (Å²) in [5, 5.41) is 6.89. The standard InChI is InChI=1S/C6H5IN2/c7-5-2-1-3-9-6(5)4-8/h1-4,8H. The molecule has 1 aromatic rings. The van der Waals surface area contributed by atoms with Crippen LogP contribution >= 0.6 is 22.6 Å². The van der Waals surface area contributed by atoms with Gasteiger partial charge in [0.25, 0.3) is 0 Å². The third kappa shape index (κ3) is 1.48. The smallest absolute Gasteiger partial charge is 0.0938 e. The van der Waals surface area contributed by atoms with E-state index in [1.165, 1.54) is 6.21 Å². The van der Waals surface area contributed by atoms with Crippen molar-refractivity contribution in [2.24, 2.45) is 0 Å². The van der Waals surface area contributed by atoms with E-state index in [9.17, 15) is 0 Å². The highest BCUT2D eigenvalue weighted by molar-refractivity contribution is 14.1. The highest BCUT2D eigenvalue weighted by atomic mass is 127. The van der Waals surface area contributed by atoms with Gasteiger partial charge in [-0.15, -0.1) is 0 Å². The number of nitrogens with one attached hydrogen (secondary N) is 1. The molecule has 0 aliphatic carbocycles. The highest BCUT2D eigenvalue weighted by Gasteiger charge is 1.91. The van der Waals surface area contributed by atoms with Gasteiger partial charge in [-0.3, -0.25) is 4.98 Å². The molecule has 9 heavy (non-hydrogen) atoms. The fraction of sp³-hybridized carbons (Fsp3) is 0. The Bertz CT molecular complexity index is 222. The first-order valence-electron chi connectivity index (χ1n) is 2.45. The Balaban J connectivity index is 3.15. The van der Waals surface area contributed by atoms with Gasteiger partial charge in [-0.1, -0.05) is 0 Å². The van der Waals surface area contributed by atoms with Crippen LogP contribution in [0.4, 0.5) is 0 Å². The summed E-state index contributed by atoms with van der Waals surface area (Å²) in [6.45, 7) is 0. The van der Waals surface area contributed by atoms with Gasteiger partial charge in [-0.2, -0.15) is 0 Å². The van der Waals surface area contributed by atoms with Crippen molar-refractivity contribution in [2.45, 2.75) is 0 Å². The van der Waals surface area contributed by atoms with Gasteiger partial charge in [0.15, 0.2) is 0 Å². The number of hydrogen-bond acceptors (Lipinski definition) is 2. The molecule has 0 spiro atoms. The van der Waals surface area contributed by atoms with E-state index in [1.807, 2.05) is 12.1 Å². The van der Waals surface area contributed by atoms with Gasteiger partial charge in [0.05, 0.1) is 5.69 Å². The first kappa shape index (κ1) is 6.67. The lowest BCUT2D eigenvalue weighted by Crippen LogP contribution is -1.88. The molecule has 0 unspecified atom stereocenters. The van der Waals surface area contributed by atoms with Crippen LogP contribution in [-0.2, 0) is 0 Å². The van der Waals surface area contributed by atoms with Crippen molar-refractivity contribution in [1.29, 1.82) is 5.41 Å². The van der Waals surface area contributed by atoms with E-state index in [4.69, 9.17) is 5.41 Å². The van der Waals surface area contributed by atoms with Crippen LogP contribution in [0.1, 0.15) is 5.69 Å². The molecule has 1 N–H and O–H groups in total. The number of nitrogens with zero attached hydrogens (tertiary/aromatic N) is 1. The molecule has 1 heterocycles. The van der Waals surface area contributed by atoms with Gasteiger partial charge in [0.1, 0.15) is 0 Å². The van der Waals surface area contributed by atoms with Crippen molar-refractivity contribution in [3.63, 3.8) is 0 Å². The second kappa shape index (κ2) is 2.91. The lowest BCUT2D eigenvalue weighted by atomic mass is 10.4. The first-order valence-corrected chi connectivity index (χ1v) is 3.53. The molecule has 0 bridgehead atoms. The van der Waals surface area contributed by atoms with Gasteiger partial charge >= 0.3 is 0 Å². The molecule has 0 saturated heterocycles. The molecular formula is C6H5IN2. The molecule has 1 rings (SSSR count). The third-order valence-electron chi connectivity index (χ3n) is 0.924. The Morgan fingerprint density at radius 3 is 2.89 bits per heavy atom. The molecule has 1 aromatic heterocycles.